The molecular weight excluding hydrogens is 376 g/mol. The maximum atomic E-state index is 12.9. The summed E-state index contributed by atoms with van der Waals surface area (Å²) in [6, 6.07) is 26.1. The molecule has 5 heteroatoms. The molecule has 0 bridgehead atoms. The van der Waals surface area contributed by atoms with Crippen molar-refractivity contribution in [2.75, 3.05) is 18.4 Å². The van der Waals surface area contributed by atoms with Crippen molar-refractivity contribution in [1.29, 1.82) is 0 Å². The molecule has 1 fully saturated rings. The van der Waals surface area contributed by atoms with Crippen molar-refractivity contribution in [3.8, 4) is 11.5 Å². The van der Waals surface area contributed by atoms with Gasteiger partial charge in [-0.05, 0) is 61.4 Å². The first kappa shape index (κ1) is 19.7. The highest BCUT2D eigenvalue weighted by Gasteiger charge is 2.29. The average Bonchev–Trinajstić information content (AvgIpc) is 2.80. The van der Waals surface area contributed by atoms with E-state index >= 15 is 0 Å². The number of amides is 2. The van der Waals surface area contributed by atoms with E-state index in [4.69, 9.17) is 4.74 Å². The van der Waals surface area contributed by atoms with Crippen molar-refractivity contribution in [3.05, 3.63) is 90.5 Å². The summed E-state index contributed by atoms with van der Waals surface area (Å²) in [6.07, 6.45) is 1.60. The number of nitrogens with zero attached hydrogens (tertiary/aromatic N) is 1. The molecule has 30 heavy (non-hydrogen) atoms. The van der Waals surface area contributed by atoms with Crippen LogP contribution in [0.5, 0.6) is 11.5 Å². The number of likely N-dealkylation sites (tertiary alicyclic amines) is 1. The van der Waals surface area contributed by atoms with Crippen LogP contribution in [0.4, 0.5) is 5.69 Å². The van der Waals surface area contributed by atoms with Crippen LogP contribution in [0.2, 0.25) is 0 Å². The topological polar surface area (TPSA) is 58.6 Å². The fraction of sp³-hybridized carbons (Fsp3) is 0.200. The van der Waals surface area contributed by atoms with Crippen molar-refractivity contribution in [3.63, 3.8) is 0 Å². The lowest BCUT2D eigenvalue weighted by Gasteiger charge is -2.32. The number of benzene rings is 3. The van der Waals surface area contributed by atoms with Gasteiger partial charge in [-0.3, -0.25) is 9.59 Å². The van der Waals surface area contributed by atoms with Crippen molar-refractivity contribution >= 4 is 17.5 Å². The zero-order chi connectivity index (χ0) is 20.8. The summed E-state index contributed by atoms with van der Waals surface area (Å²) in [5.74, 6) is 1.13. The minimum absolute atomic E-state index is 0.0368. The number of carbonyl (C=O) groups is 2. The third kappa shape index (κ3) is 4.87. The van der Waals surface area contributed by atoms with Gasteiger partial charge < -0.3 is 15.0 Å². The normalized spacial score (nSPS) is 16.0. The highest BCUT2D eigenvalue weighted by molar-refractivity contribution is 5.96. The molecule has 1 aliphatic heterocycles. The van der Waals surface area contributed by atoms with Gasteiger partial charge in [-0.1, -0.05) is 36.4 Å². The minimum atomic E-state index is -0.205. The van der Waals surface area contributed by atoms with Crippen molar-refractivity contribution in [2.45, 2.75) is 12.8 Å². The number of anilines is 1. The third-order valence-corrected chi connectivity index (χ3v) is 5.20. The molecule has 0 radical (unpaired) electrons. The van der Waals surface area contributed by atoms with Crippen LogP contribution in [0.25, 0.3) is 0 Å². The Kier molecular flexibility index (Phi) is 6.09. The zero-order valence-corrected chi connectivity index (χ0v) is 16.7. The highest BCUT2D eigenvalue weighted by atomic mass is 16.5. The highest BCUT2D eigenvalue weighted by Crippen LogP contribution is 2.24. The molecule has 1 heterocycles. The summed E-state index contributed by atoms with van der Waals surface area (Å²) in [6.45, 7) is 1.09. The average molecular weight is 400 g/mol. The Morgan fingerprint density at radius 3 is 2.17 bits per heavy atom. The number of nitrogens with one attached hydrogen (secondary N) is 1. The van der Waals surface area contributed by atoms with E-state index in [1.807, 2.05) is 60.7 Å². The van der Waals surface area contributed by atoms with E-state index in [1.165, 1.54) is 0 Å². The van der Waals surface area contributed by atoms with Gasteiger partial charge in [0.1, 0.15) is 11.5 Å². The number of carbonyl (C=O) groups excluding carboxylic acids is 2. The first-order valence-corrected chi connectivity index (χ1v) is 10.2. The minimum Gasteiger partial charge on any atom is -0.457 e. The second kappa shape index (κ2) is 9.27. The smallest absolute Gasteiger partial charge is 0.253 e. The van der Waals surface area contributed by atoms with Gasteiger partial charge in [-0.15, -0.1) is 0 Å². The van der Waals surface area contributed by atoms with Gasteiger partial charge in [-0.25, -0.2) is 0 Å². The van der Waals surface area contributed by atoms with Crippen LogP contribution < -0.4 is 10.1 Å². The Morgan fingerprint density at radius 2 is 1.47 bits per heavy atom. The van der Waals surface area contributed by atoms with E-state index in [2.05, 4.69) is 5.32 Å². The summed E-state index contributed by atoms with van der Waals surface area (Å²) in [7, 11) is 0. The molecule has 5 nitrogen and oxygen atoms in total. The van der Waals surface area contributed by atoms with Gasteiger partial charge in [0, 0.05) is 24.3 Å². The molecule has 0 saturated carbocycles. The molecule has 1 saturated heterocycles. The van der Waals surface area contributed by atoms with Gasteiger partial charge >= 0.3 is 0 Å². The van der Waals surface area contributed by atoms with E-state index in [0.29, 0.717) is 24.4 Å². The molecule has 3 aromatic carbocycles. The summed E-state index contributed by atoms with van der Waals surface area (Å²) in [4.78, 5) is 27.3. The van der Waals surface area contributed by atoms with E-state index < -0.39 is 0 Å². The first-order valence-electron chi connectivity index (χ1n) is 10.2. The van der Waals surface area contributed by atoms with Gasteiger partial charge in [0.2, 0.25) is 5.91 Å². The summed E-state index contributed by atoms with van der Waals surface area (Å²) in [5, 5.41) is 2.95. The van der Waals surface area contributed by atoms with Crippen LogP contribution >= 0.6 is 0 Å². The molecule has 0 aliphatic carbocycles. The van der Waals surface area contributed by atoms with Crippen LogP contribution in [0.1, 0.15) is 23.2 Å². The molecule has 0 spiro atoms. The maximum absolute atomic E-state index is 12.9. The molecular formula is C25H24N2O3. The van der Waals surface area contributed by atoms with Crippen LogP contribution in [-0.4, -0.2) is 29.8 Å². The lowest BCUT2D eigenvalue weighted by molar-refractivity contribution is -0.121. The fourth-order valence-corrected chi connectivity index (χ4v) is 3.61. The molecule has 4 rings (SSSR count). The number of hydrogen-bond acceptors (Lipinski definition) is 3. The van der Waals surface area contributed by atoms with Gasteiger partial charge in [0.05, 0.1) is 5.92 Å². The standard InChI is InChI=1S/C25H24N2O3/c28-24(26-21-9-3-1-4-10-21)20-8-7-17-27(18-20)25(29)19-13-15-23(16-14-19)30-22-11-5-2-6-12-22/h1-6,9-16,20H,7-8,17-18H2,(H,26,28). The first-order chi connectivity index (χ1) is 14.7. The molecule has 1 N–H and O–H groups in total. The number of hydrogen-bond donors (Lipinski definition) is 1. The number of rotatable bonds is 5. The van der Waals surface area contributed by atoms with E-state index in [9.17, 15) is 9.59 Å². The lowest BCUT2D eigenvalue weighted by atomic mass is 9.96. The SMILES string of the molecule is O=C(Nc1ccccc1)C1CCCN(C(=O)c2ccc(Oc3ccccc3)cc2)C1. The Bertz CT molecular complexity index is 988. The predicted molar refractivity (Wildman–Crippen MR) is 117 cm³/mol. The van der Waals surface area contributed by atoms with E-state index in [-0.39, 0.29) is 17.7 Å². The number of ether oxygens (including phenoxy) is 1. The lowest BCUT2D eigenvalue weighted by Crippen LogP contribution is -2.43. The summed E-state index contributed by atoms with van der Waals surface area (Å²) in [5.41, 5.74) is 1.37. The molecule has 2 amide bonds. The second-order valence-corrected chi connectivity index (χ2v) is 7.39. The van der Waals surface area contributed by atoms with Crippen molar-refractivity contribution < 1.29 is 14.3 Å². The monoisotopic (exact) mass is 400 g/mol. The Labute approximate surface area is 176 Å². The molecule has 0 aromatic heterocycles. The largest absolute Gasteiger partial charge is 0.457 e. The van der Waals surface area contributed by atoms with Gasteiger partial charge in [0.15, 0.2) is 0 Å². The van der Waals surface area contributed by atoms with E-state index in [0.717, 1.165) is 24.3 Å². The van der Waals surface area contributed by atoms with Crippen LogP contribution in [0.15, 0.2) is 84.9 Å². The third-order valence-electron chi connectivity index (χ3n) is 5.20. The zero-order valence-electron chi connectivity index (χ0n) is 16.7. The maximum Gasteiger partial charge on any atom is 0.253 e. The van der Waals surface area contributed by atoms with Crippen LogP contribution in [0, 0.1) is 5.92 Å². The molecule has 3 aromatic rings. The number of piperidine rings is 1. The molecule has 152 valence electrons. The molecule has 1 atom stereocenters. The van der Waals surface area contributed by atoms with Crippen molar-refractivity contribution in [1.82, 2.24) is 4.90 Å². The summed E-state index contributed by atoms with van der Waals surface area (Å²) < 4.78 is 5.79. The van der Waals surface area contributed by atoms with E-state index in [1.54, 1.807) is 29.2 Å². The predicted octanol–water partition coefficient (Wildman–Crippen LogP) is 4.97. The summed E-state index contributed by atoms with van der Waals surface area (Å²) >= 11 is 0. The van der Waals surface area contributed by atoms with Gasteiger partial charge in [-0.2, -0.15) is 0 Å². The number of para-hydroxylation sites is 2. The Balaban J connectivity index is 1.37. The van der Waals surface area contributed by atoms with Crippen LogP contribution in [-0.2, 0) is 4.79 Å². The van der Waals surface area contributed by atoms with Gasteiger partial charge in [0.25, 0.3) is 5.91 Å². The van der Waals surface area contributed by atoms with Crippen molar-refractivity contribution in [2.24, 2.45) is 5.92 Å². The van der Waals surface area contributed by atoms with Crippen LogP contribution in [0.3, 0.4) is 0 Å². The Hall–Kier alpha value is -3.60. The molecule has 1 aliphatic rings. The quantitative estimate of drug-likeness (QED) is 0.658. The second-order valence-electron chi connectivity index (χ2n) is 7.39. The molecule has 1 unspecified atom stereocenters. The Morgan fingerprint density at radius 1 is 0.833 bits per heavy atom. The fourth-order valence-electron chi connectivity index (χ4n) is 3.61.